The van der Waals surface area contributed by atoms with Crippen LogP contribution in [-0.2, 0) is 9.84 Å². The molecule has 1 fully saturated rings. The molecule has 0 atom stereocenters. The van der Waals surface area contributed by atoms with Crippen LogP contribution in [0.25, 0.3) is 0 Å². The average Bonchev–Trinajstić information content (AvgIpc) is 3.10. The molecule has 0 aliphatic heterocycles. The van der Waals surface area contributed by atoms with Gasteiger partial charge in [-0.25, -0.2) is 8.42 Å². The van der Waals surface area contributed by atoms with E-state index in [9.17, 15) is 8.42 Å². The zero-order valence-corrected chi connectivity index (χ0v) is 9.96. The second kappa shape index (κ2) is 3.75. The molecule has 16 heavy (non-hydrogen) atoms. The summed E-state index contributed by atoms with van der Waals surface area (Å²) in [4.78, 5) is 0.330. The minimum absolute atomic E-state index is 0.196. The molecule has 1 saturated carbocycles. The number of nitrogens with two attached hydrogens (primary N) is 1. The molecule has 1 aromatic carbocycles. The van der Waals surface area contributed by atoms with Crippen molar-refractivity contribution in [3.05, 3.63) is 24.3 Å². The second-order valence-electron chi connectivity index (χ2n) is 4.07. The Morgan fingerprint density at radius 2 is 1.88 bits per heavy atom. The maximum Gasteiger partial charge on any atom is 0.185 e. The zero-order chi connectivity index (χ0) is 11.8. The van der Waals surface area contributed by atoms with Gasteiger partial charge in [0.15, 0.2) is 9.84 Å². The number of hydrogen-bond donors (Lipinski definition) is 1. The third kappa shape index (κ3) is 1.60. The van der Waals surface area contributed by atoms with Gasteiger partial charge in [-0.3, -0.25) is 0 Å². The Morgan fingerprint density at radius 3 is 2.25 bits per heavy atom. The molecule has 1 aliphatic rings. The van der Waals surface area contributed by atoms with Crippen molar-refractivity contribution in [2.45, 2.75) is 22.5 Å². The fourth-order valence-corrected chi connectivity index (χ4v) is 3.58. The molecule has 2 rings (SSSR count). The summed E-state index contributed by atoms with van der Waals surface area (Å²) in [6.07, 6.45) is 1.33. The lowest BCUT2D eigenvalue weighted by molar-refractivity contribution is 0.414. The van der Waals surface area contributed by atoms with Gasteiger partial charge in [0.25, 0.3) is 0 Å². The van der Waals surface area contributed by atoms with Crippen LogP contribution in [0, 0.1) is 0 Å². The van der Waals surface area contributed by atoms with Crippen molar-refractivity contribution >= 4 is 9.84 Å². The van der Waals surface area contributed by atoms with Crippen LogP contribution < -0.4 is 10.5 Å². The highest BCUT2D eigenvalue weighted by Crippen LogP contribution is 2.45. The van der Waals surface area contributed by atoms with Gasteiger partial charge in [0.05, 0.1) is 16.8 Å². The summed E-state index contributed by atoms with van der Waals surface area (Å²) >= 11 is 0. The molecule has 0 spiro atoms. The summed E-state index contributed by atoms with van der Waals surface area (Å²) < 4.78 is 28.7. The highest BCUT2D eigenvalue weighted by Gasteiger charge is 2.53. The van der Waals surface area contributed by atoms with Crippen LogP contribution in [0.1, 0.15) is 12.8 Å². The van der Waals surface area contributed by atoms with Crippen molar-refractivity contribution in [3.8, 4) is 5.75 Å². The highest BCUT2D eigenvalue weighted by molar-refractivity contribution is 7.93. The van der Waals surface area contributed by atoms with Crippen LogP contribution in [0.2, 0.25) is 0 Å². The highest BCUT2D eigenvalue weighted by atomic mass is 32.2. The molecule has 1 aliphatic carbocycles. The Labute approximate surface area is 95.3 Å². The number of methoxy groups -OCH3 is 1. The summed E-state index contributed by atoms with van der Waals surface area (Å²) in [5.74, 6) is 0.650. The standard InChI is InChI=1S/C11H15NO3S/c1-15-9-2-4-10(5-3-9)16(13,14)11(8-12)6-7-11/h2-5H,6-8,12H2,1H3. The first-order chi connectivity index (χ1) is 7.55. The lowest BCUT2D eigenvalue weighted by Crippen LogP contribution is -2.31. The molecule has 0 unspecified atom stereocenters. The molecule has 0 amide bonds. The lowest BCUT2D eigenvalue weighted by Gasteiger charge is -2.13. The monoisotopic (exact) mass is 241 g/mol. The van der Waals surface area contributed by atoms with Crippen molar-refractivity contribution < 1.29 is 13.2 Å². The fourth-order valence-electron chi connectivity index (χ4n) is 1.73. The molecule has 0 radical (unpaired) electrons. The van der Waals surface area contributed by atoms with Crippen LogP contribution in [0.5, 0.6) is 5.75 Å². The van der Waals surface area contributed by atoms with Gasteiger partial charge < -0.3 is 10.5 Å². The molecule has 88 valence electrons. The number of ether oxygens (including phenoxy) is 1. The molecule has 0 saturated heterocycles. The van der Waals surface area contributed by atoms with Gasteiger partial charge >= 0.3 is 0 Å². The first kappa shape index (κ1) is 11.4. The first-order valence-corrected chi connectivity index (χ1v) is 6.63. The van der Waals surface area contributed by atoms with Gasteiger partial charge in [0.2, 0.25) is 0 Å². The molecule has 4 nitrogen and oxygen atoms in total. The Balaban J connectivity index is 2.37. The maximum atomic E-state index is 12.2. The summed E-state index contributed by atoms with van der Waals surface area (Å²) in [5.41, 5.74) is 5.54. The average molecular weight is 241 g/mol. The van der Waals surface area contributed by atoms with E-state index in [0.717, 1.165) is 0 Å². The third-order valence-electron chi connectivity index (χ3n) is 3.12. The van der Waals surface area contributed by atoms with Gasteiger partial charge in [0.1, 0.15) is 5.75 Å². The van der Waals surface area contributed by atoms with Crippen LogP contribution >= 0.6 is 0 Å². The largest absolute Gasteiger partial charge is 0.497 e. The number of sulfone groups is 1. The predicted octanol–water partition coefficient (Wildman–Crippen LogP) is 0.960. The Bertz CT molecular complexity index is 474. The molecule has 0 aromatic heterocycles. The Hall–Kier alpha value is -1.07. The van der Waals surface area contributed by atoms with Gasteiger partial charge in [0, 0.05) is 6.54 Å². The normalized spacial score (nSPS) is 18.1. The summed E-state index contributed by atoms with van der Waals surface area (Å²) in [6.45, 7) is 0.196. The number of hydrogen-bond acceptors (Lipinski definition) is 4. The minimum atomic E-state index is -3.28. The van der Waals surface area contributed by atoms with E-state index in [4.69, 9.17) is 10.5 Å². The van der Waals surface area contributed by atoms with Crippen molar-refractivity contribution in [1.29, 1.82) is 0 Å². The molecule has 5 heteroatoms. The Kier molecular flexibility index (Phi) is 2.67. The summed E-state index contributed by atoms with van der Waals surface area (Å²) in [6, 6.07) is 6.45. The minimum Gasteiger partial charge on any atom is -0.497 e. The summed E-state index contributed by atoms with van der Waals surface area (Å²) in [7, 11) is -1.74. The van der Waals surface area contributed by atoms with E-state index in [1.54, 1.807) is 31.4 Å². The number of rotatable bonds is 4. The predicted molar refractivity (Wildman–Crippen MR) is 61.2 cm³/mol. The van der Waals surface area contributed by atoms with Gasteiger partial charge in [-0.15, -0.1) is 0 Å². The third-order valence-corrected chi connectivity index (χ3v) is 5.73. The molecule has 2 N–H and O–H groups in total. The van der Waals surface area contributed by atoms with E-state index in [0.29, 0.717) is 23.5 Å². The fraction of sp³-hybridized carbons (Fsp3) is 0.455. The van der Waals surface area contributed by atoms with E-state index in [-0.39, 0.29) is 6.54 Å². The molecule has 0 bridgehead atoms. The van der Waals surface area contributed by atoms with E-state index in [1.165, 1.54) is 0 Å². The van der Waals surface area contributed by atoms with E-state index >= 15 is 0 Å². The zero-order valence-electron chi connectivity index (χ0n) is 9.14. The second-order valence-corrected chi connectivity index (χ2v) is 6.41. The van der Waals surface area contributed by atoms with Gasteiger partial charge in [-0.2, -0.15) is 0 Å². The number of benzene rings is 1. The van der Waals surface area contributed by atoms with E-state index in [2.05, 4.69) is 0 Å². The summed E-state index contributed by atoms with van der Waals surface area (Å²) in [5, 5.41) is 0. The smallest absolute Gasteiger partial charge is 0.185 e. The van der Waals surface area contributed by atoms with Crippen LogP contribution in [0.15, 0.2) is 29.2 Å². The van der Waals surface area contributed by atoms with Gasteiger partial charge in [-0.1, -0.05) is 0 Å². The SMILES string of the molecule is COc1ccc(S(=O)(=O)C2(CN)CC2)cc1. The van der Waals surface area contributed by atoms with E-state index in [1.807, 2.05) is 0 Å². The van der Waals surface area contributed by atoms with Crippen molar-refractivity contribution in [1.82, 2.24) is 0 Å². The molecular formula is C11H15NO3S. The van der Waals surface area contributed by atoms with E-state index < -0.39 is 14.6 Å². The quantitative estimate of drug-likeness (QED) is 0.852. The molecule has 0 heterocycles. The van der Waals surface area contributed by atoms with Crippen LogP contribution in [0.3, 0.4) is 0 Å². The lowest BCUT2D eigenvalue weighted by atomic mass is 10.3. The van der Waals surface area contributed by atoms with Crippen LogP contribution in [0.4, 0.5) is 0 Å². The molecule has 1 aromatic rings. The Morgan fingerprint density at radius 1 is 1.31 bits per heavy atom. The first-order valence-electron chi connectivity index (χ1n) is 5.14. The van der Waals surface area contributed by atoms with Crippen molar-refractivity contribution in [2.24, 2.45) is 5.73 Å². The van der Waals surface area contributed by atoms with Crippen LogP contribution in [-0.4, -0.2) is 26.8 Å². The molecular weight excluding hydrogens is 226 g/mol. The topological polar surface area (TPSA) is 69.4 Å². The van der Waals surface area contributed by atoms with Crippen molar-refractivity contribution in [3.63, 3.8) is 0 Å². The van der Waals surface area contributed by atoms with Gasteiger partial charge in [-0.05, 0) is 37.1 Å². The maximum absolute atomic E-state index is 12.2. The van der Waals surface area contributed by atoms with Crippen molar-refractivity contribution in [2.75, 3.05) is 13.7 Å².